The number of hydrogen-bond donors (Lipinski definition) is 1. The molecule has 1 aliphatic heterocycles. The van der Waals surface area contributed by atoms with Gasteiger partial charge in [0, 0.05) is 10.6 Å². The van der Waals surface area contributed by atoms with Crippen molar-refractivity contribution in [3.05, 3.63) is 46.7 Å². The van der Waals surface area contributed by atoms with Gasteiger partial charge in [0.1, 0.15) is 11.9 Å². The molecule has 1 aliphatic rings. The van der Waals surface area contributed by atoms with Gasteiger partial charge >= 0.3 is 5.97 Å². The van der Waals surface area contributed by atoms with Gasteiger partial charge in [0.25, 0.3) is 0 Å². The molecule has 5 heteroatoms. The third-order valence-electron chi connectivity index (χ3n) is 2.53. The molecule has 0 saturated carbocycles. The summed E-state index contributed by atoms with van der Waals surface area (Å²) >= 11 is 5.96. The fraction of sp³-hybridized carbons (Fsp3) is 0.250. The smallest absolute Gasteiger partial charge is 0.335 e. The molecule has 0 fully saturated rings. The molecule has 1 aromatic rings. The van der Waals surface area contributed by atoms with E-state index in [1.54, 1.807) is 24.3 Å². The lowest BCUT2D eigenvalue weighted by Crippen LogP contribution is -2.22. The molecule has 2 atom stereocenters. The summed E-state index contributed by atoms with van der Waals surface area (Å²) in [6.07, 6.45) is -0.668. The third kappa shape index (κ3) is 2.28. The number of aliphatic hydroxyl groups excluding tert-OH is 1. The average Bonchev–Trinajstić information content (AvgIpc) is 2.70. The fourth-order valence-corrected chi connectivity index (χ4v) is 1.94. The summed E-state index contributed by atoms with van der Waals surface area (Å²) in [6, 6.07) is 6.84. The number of aliphatic hydroxyl groups is 1. The average molecular weight is 255 g/mol. The minimum atomic E-state index is -1.04. The highest BCUT2D eigenvalue weighted by molar-refractivity contribution is 6.31. The van der Waals surface area contributed by atoms with Gasteiger partial charge in [0.15, 0.2) is 6.10 Å². The van der Waals surface area contributed by atoms with Crippen molar-refractivity contribution >= 4 is 17.6 Å². The van der Waals surface area contributed by atoms with Crippen LogP contribution in [0, 0.1) is 0 Å². The standard InChI is InChI=1S/C12H11ClO4/c1-16-9-6-10(14)17-12(9)11(15)7-4-2-3-5-8(7)13/h2-6,11-12,15H,1H3/t11-,12+/m0/s1. The summed E-state index contributed by atoms with van der Waals surface area (Å²) in [5.41, 5.74) is 0.497. The van der Waals surface area contributed by atoms with E-state index in [2.05, 4.69) is 0 Å². The number of halogens is 1. The van der Waals surface area contributed by atoms with Crippen LogP contribution in [-0.4, -0.2) is 24.3 Å². The lowest BCUT2D eigenvalue weighted by Gasteiger charge is -2.20. The summed E-state index contributed by atoms with van der Waals surface area (Å²) < 4.78 is 9.96. The molecule has 0 aliphatic carbocycles. The van der Waals surface area contributed by atoms with E-state index in [4.69, 9.17) is 21.1 Å². The molecule has 1 aromatic carbocycles. The number of methoxy groups -OCH3 is 1. The van der Waals surface area contributed by atoms with Gasteiger partial charge in [0.2, 0.25) is 0 Å². The Morgan fingerprint density at radius 1 is 1.47 bits per heavy atom. The van der Waals surface area contributed by atoms with Gasteiger partial charge in [-0.3, -0.25) is 0 Å². The number of hydrogen-bond acceptors (Lipinski definition) is 4. The van der Waals surface area contributed by atoms with Crippen LogP contribution in [0.15, 0.2) is 36.1 Å². The summed E-state index contributed by atoms with van der Waals surface area (Å²) in [5, 5.41) is 10.6. The SMILES string of the molecule is COC1=CC(=O)O[C@H]1[C@@H](O)c1ccccc1Cl. The van der Waals surface area contributed by atoms with E-state index in [1.165, 1.54) is 13.2 Å². The molecule has 0 saturated heterocycles. The van der Waals surface area contributed by atoms with E-state index in [9.17, 15) is 9.90 Å². The maximum atomic E-state index is 11.1. The Bertz CT molecular complexity index is 469. The van der Waals surface area contributed by atoms with E-state index in [-0.39, 0.29) is 0 Å². The molecular weight excluding hydrogens is 244 g/mol. The number of benzene rings is 1. The number of rotatable bonds is 3. The number of ether oxygens (including phenoxy) is 2. The number of cyclic esters (lactones) is 1. The third-order valence-corrected chi connectivity index (χ3v) is 2.87. The van der Waals surface area contributed by atoms with Gasteiger partial charge in [-0.15, -0.1) is 0 Å². The van der Waals surface area contributed by atoms with Crippen LogP contribution in [0.4, 0.5) is 0 Å². The van der Waals surface area contributed by atoms with E-state index < -0.39 is 18.2 Å². The van der Waals surface area contributed by atoms with Crippen LogP contribution in [0.2, 0.25) is 5.02 Å². The normalized spacial score (nSPS) is 20.8. The summed E-state index contributed by atoms with van der Waals surface area (Å²) in [6.45, 7) is 0. The van der Waals surface area contributed by atoms with Crippen molar-refractivity contribution in [2.75, 3.05) is 7.11 Å². The second-order valence-electron chi connectivity index (χ2n) is 3.57. The van der Waals surface area contributed by atoms with Crippen molar-refractivity contribution in [3.8, 4) is 0 Å². The molecule has 4 nitrogen and oxygen atoms in total. The Balaban J connectivity index is 2.27. The van der Waals surface area contributed by atoms with Crippen LogP contribution in [0.25, 0.3) is 0 Å². The predicted octanol–water partition coefficient (Wildman–Crippen LogP) is 1.83. The highest BCUT2D eigenvalue weighted by Gasteiger charge is 2.35. The maximum Gasteiger partial charge on any atom is 0.335 e. The fourth-order valence-electron chi connectivity index (χ4n) is 1.69. The largest absolute Gasteiger partial charge is 0.497 e. The molecule has 0 radical (unpaired) electrons. The molecule has 0 aromatic heterocycles. The zero-order valence-electron chi connectivity index (χ0n) is 9.09. The van der Waals surface area contributed by atoms with Crippen molar-refractivity contribution in [1.29, 1.82) is 0 Å². The van der Waals surface area contributed by atoms with Crippen molar-refractivity contribution < 1.29 is 19.4 Å². The van der Waals surface area contributed by atoms with Gasteiger partial charge in [0.05, 0.1) is 13.2 Å². The number of esters is 1. The first-order valence-corrected chi connectivity index (χ1v) is 5.40. The summed E-state index contributed by atoms with van der Waals surface area (Å²) in [5.74, 6) is -0.236. The Kier molecular flexibility index (Phi) is 3.36. The zero-order valence-corrected chi connectivity index (χ0v) is 9.85. The molecule has 0 spiro atoms. The Morgan fingerprint density at radius 3 is 2.82 bits per heavy atom. The minimum absolute atomic E-state index is 0.294. The van der Waals surface area contributed by atoms with Gasteiger partial charge in [-0.1, -0.05) is 29.8 Å². The van der Waals surface area contributed by atoms with E-state index in [0.717, 1.165) is 0 Å². The predicted molar refractivity (Wildman–Crippen MR) is 61.4 cm³/mol. The highest BCUT2D eigenvalue weighted by Crippen LogP contribution is 2.32. The van der Waals surface area contributed by atoms with Crippen molar-refractivity contribution in [1.82, 2.24) is 0 Å². The van der Waals surface area contributed by atoms with E-state index >= 15 is 0 Å². The second-order valence-corrected chi connectivity index (χ2v) is 3.98. The minimum Gasteiger partial charge on any atom is -0.497 e. The molecular formula is C12H11ClO4. The second kappa shape index (κ2) is 4.77. The van der Waals surface area contributed by atoms with Gasteiger partial charge in [-0.05, 0) is 6.07 Å². The molecule has 1 N–H and O–H groups in total. The number of carbonyl (C=O) groups excluding carboxylic acids is 1. The number of carbonyl (C=O) groups is 1. The van der Waals surface area contributed by atoms with Crippen molar-refractivity contribution in [3.63, 3.8) is 0 Å². The monoisotopic (exact) mass is 254 g/mol. The van der Waals surface area contributed by atoms with Crippen LogP contribution >= 0.6 is 11.6 Å². The Labute approximate surface area is 103 Å². The molecule has 2 rings (SSSR count). The van der Waals surface area contributed by atoms with Crippen molar-refractivity contribution in [2.45, 2.75) is 12.2 Å². The Hall–Kier alpha value is -1.52. The van der Waals surface area contributed by atoms with E-state index in [0.29, 0.717) is 16.3 Å². The van der Waals surface area contributed by atoms with Crippen LogP contribution < -0.4 is 0 Å². The van der Waals surface area contributed by atoms with Crippen LogP contribution in [0.1, 0.15) is 11.7 Å². The summed E-state index contributed by atoms with van der Waals surface area (Å²) in [7, 11) is 1.42. The van der Waals surface area contributed by atoms with E-state index in [1.807, 2.05) is 0 Å². The van der Waals surface area contributed by atoms with Gasteiger partial charge in [-0.25, -0.2) is 4.79 Å². The lowest BCUT2D eigenvalue weighted by atomic mass is 10.0. The topological polar surface area (TPSA) is 55.8 Å². The van der Waals surface area contributed by atoms with Crippen molar-refractivity contribution in [2.24, 2.45) is 0 Å². The molecule has 17 heavy (non-hydrogen) atoms. The molecule has 1 heterocycles. The highest BCUT2D eigenvalue weighted by atomic mass is 35.5. The summed E-state index contributed by atoms with van der Waals surface area (Å²) in [4.78, 5) is 11.1. The molecule has 90 valence electrons. The van der Waals surface area contributed by atoms with Crippen LogP contribution in [-0.2, 0) is 14.3 Å². The van der Waals surface area contributed by atoms with Gasteiger partial charge in [-0.2, -0.15) is 0 Å². The molecule has 0 bridgehead atoms. The first-order chi connectivity index (χ1) is 8.13. The Morgan fingerprint density at radius 2 is 2.18 bits per heavy atom. The van der Waals surface area contributed by atoms with Crippen LogP contribution in [0.3, 0.4) is 0 Å². The maximum absolute atomic E-state index is 11.1. The first kappa shape index (κ1) is 12.0. The molecule has 0 unspecified atom stereocenters. The van der Waals surface area contributed by atoms with Crippen LogP contribution in [0.5, 0.6) is 0 Å². The zero-order chi connectivity index (χ0) is 12.4. The molecule has 0 amide bonds. The quantitative estimate of drug-likeness (QED) is 0.836. The lowest BCUT2D eigenvalue weighted by molar-refractivity contribution is -0.144. The first-order valence-electron chi connectivity index (χ1n) is 5.02. The van der Waals surface area contributed by atoms with Gasteiger partial charge < -0.3 is 14.6 Å².